The molecule has 21 heavy (non-hydrogen) atoms. The summed E-state index contributed by atoms with van der Waals surface area (Å²) in [6, 6.07) is 2.18. The van der Waals surface area contributed by atoms with Gasteiger partial charge < -0.3 is 5.32 Å². The maximum absolute atomic E-state index is 6.02. The Labute approximate surface area is 136 Å². The van der Waals surface area contributed by atoms with E-state index >= 15 is 0 Å². The molecule has 3 heterocycles. The van der Waals surface area contributed by atoms with Crippen LogP contribution in [-0.4, -0.2) is 15.0 Å². The van der Waals surface area contributed by atoms with Crippen LogP contribution in [-0.2, 0) is 6.42 Å². The standard InChI is InChI=1S/C14H15ClN4S2/c1-4-9-6-16-12(21-9)8(3)17-11-10-5-7(2)20-13(10)19-14(15)18-11/h5-6,8H,4H2,1-3H3,(H,17,18,19). The smallest absolute Gasteiger partial charge is 0.225 e. The third-order valence-electron chi connectivity index (χ3n) is 3.13. The molecule has 3 aromatic rings. The summed E-state index contributed by atoms with van der Waals surface area (Å²) < 4.78 is 0. The van der Waals surface area contributed by atoms with Crippen molar-refractivity contribution >= 4 is 50.3 Å². The van der Waals surface area contributed by atoms with Gasteiger partial charge in [-0.05, 0) is 37.9 Å². The summed E-state index contributed by atoms with van der Waals surface area (Å²) in [7, 11) is 0. The maximum Gasteiger partial charge on any atom is 0.225 e. The fraction of sp³-hybridized carbons (Fsp3) is 0.357. The molecule has 0 aromatic carbocycles. The highest BCUT2D eigenvalue weighted by Gasteiger charge is 2.15. The summed E-state index contributed by atoms with van der Waals surface area (Å²) in [5.74, 6) is 0.773. The Balaban J connectivity index is 1.93. The number of rotatable bonds is 4. The number of halogens is 1. The second-order valence-electron chi connectivity index (χ2n) is 4.80. The van der Waals surface area contributed by atoms with Crippen molar-refractivity contribution in [2.75, 3.05) is 5.32 Å². The number of aromatic nitrogens is 3. The normalized spacial score (nSPS) is 12.8. The van der Waals surface area contributed by atoms with Crippen LogP contribution in [0.15, 0.2) is 12.3 Å². The first-order valence-corrected chi connectivity index (χ1v) is 8.72. The van der Waals surface area contributed by atoms with E-state index < -0.39 is 0 Å². The van der Waals surface area contributed by atoms with E-state index in [4.69, 9.17) is 11.6 Å². The number of hydrogen-bond acceptors (Lipinski definition) is 6. The number of thiazole rings is 1. The van der Waals surface area contributed by atoms with E-state index in [1.165, 1.54) is 9.75 Å². The molecule has 4 nitrogen and oxygen atoms in total. The van der Waals surface area contributed by atoms with E-state index in [1.54, 1.807) is 22.7 Å². The predicted octanol–water partition coefficient (Wildman–Crippen LogP) is 4.85. The number of thiophene rings is 1. The van der Waals surface area contributed by atoms with Crippen LogP contribution >= 0.6 is 34.3 Å². The third-order valence-corrected chi connectivity index (χ3v) is 5.57. The fourth-order valence-electron chi connectivity index (χ4n) is 2.08. The van der Waals surface area contributed by atoms with Crippen molar-refractivity contribution in [3.63, 3.8) is 0 Å². The van der Waals surface area contributed by atoms with Crippen molar-refractivity contribution in [3.05, 3.63) is 32.3 Å². The molecule has 110 valence electrons. The van der Waals surface area contributed by atoms with Crippen LogP contribution < -0.4 is 5.32 Å². The molecule has 0 saturated heterocycles. The minimum absolute atomic E-state index is 0.0877. The highest BCUT2D eigenvalue weighted by molar-refractivity contribution is 7.18. The van der Waals surface area contributed by atoms with E-state index in [9.17, 15) is 0 Å². The summed E-state index contributed by atoms with van der Waals surface area (Å²) in [6.45, 7) is 6.28. The summed E-state index contributed by atoms with van der Waals surface area (Å²) >= 11 is 9.37. The number of fused-ring (bicyclic) bond motifs is 1. The van der Waals surface area contributed by atoms with Gasteiger partial charge in [0.2, 0.25) is 5.28 Å². The number of nitrogens with zero attached hydrogens (tertiary/aromatic N) is 3. The Kier molecular flexibility index (Phi) is 4.10. The zero-order chi connectivity index (χ0) is 15.0. The van der Waals surface area contributed by atoms with Gasteiger partial charge in [-0.15, -0.1) is 22.7 Å². The fourth-order valence-corrected chi connectivity index (χ4v) is 4.04. The van der Waals surface area contributed by atoms with Gasteiger partial charge >= 0.3 is 0 Å². The summed E-state index contributed by atoms with van der Waals surface area (Å²) in [5, 5.41) is 5.75. The average Bonchev–Trinajstić information content (AvgIpc) is 3.04. The molecule has 0 aliphatic carbocycles. The topological polar surface area (TPSA) is 50.7 Å². The molecule has 1 atom stereocenters. The molecule has 3 aromatic heterocycles. The highest BCUT2D eigenvalue weighted by atomic mass is 35.5. The van der Waals surface area contributed by atoms with Crippen LogP contribution in [0.3, 0.4) is 0 Å². The lowest BCUT2D eigenvalue weighted by Gasteiger charge is -2.12. The molecule has 0 aliphatic rings. The molecule has 0 bridgehead atoms. The quantitative estimate of drug-likeness (QED) is 0.691. The minimum atomic E-state index is 0.0877. The highest BCUT2D eigenvalue weighted by Crippen LogP contribution is 2.32. The summed E-state index contributed by atoms with van der Waals surface area (Å²) in [4.78, 5) is 16.5. The molecule has 3 rings (SSSR count). The molecule has 0 radical (unpaired) electrons. The first-order chi connectivity index (χ1) is 10.1. The van der Waals surface area contributed by atoms with Gasteiger partial charge in [0.15, 0.2) is 0 Å². The third kappa shape index (κ3) is 3.02. The number of aryl methyl sites for hydroxylation is 2. The summed E-state index contributed by atoms with van der Waals surface area (Å²) in [5.41, 5.74) is 0. The second kappa shape index (κ2) is 5.87. The first kappa shape index (κ1) is 14.7. The zero-order valence-corrected chi connectivity index (χ0v) is 14.4. The maximum atomic E-state index is 6.02. The van der Waals surface area contributed by atoms with Crippen molar-refractivity contribution in [1.29, 1.82) is 0 Å². The lowest BCUT2D eigenvalue weighted by atomic mass is 10.3. The molecular weight excluding hydrogens is 324 g/mol. The number of hydrogen-bond donors (Lipinski definition) is 1. The van der Waals surface area contributed by atoms with Crippen LogP contribution in [0.4, 0.5) is 5.82 Å². The van der Waals surface area contributed by atoms with Gasteiger partial charge in [-0.1, -0.05) is 6.92 Å². The van der Waals surface area contributed by atoms with Gasteiger partial charge in [-0.2, -0.15) is 0 Å². The van der Waals surface area contributed by atoms with Crippen LogP contribution in [0.1, 0.15) is 34.7 Å². The van der Waals surface area contributed by atoms with E-state index in [0.717, 1.165) is 27.5 Å². The molecule has 1 N–H and O–H groups in total. The SMILES string of the molecule is CCc1cnc(C(C)Nc2nc(Cl)nc3sc(C)cc23)s1. The van der Waals surface area contributed by atoms with Gasteiger partial charge in [0, 0.05) is 16.0 Å². The van der Waals surface area contributed by atoms with Crippen molar-refractivity contribution in [1.82, 2.24) is 15.0 Å². The van der Waals surface area contributed by atoms with Crippen LogP contribution in [0.2, 0.25) is 5.28 Å². The molecule has 0 aliphatic heterocycles. The Morgan fingerprint density at radius 3 is 2.86 bits per heavy atom. The van der Waals surface area contributed by atoms with Crippen molar-refractivity contribution in [3.8, 4) is 0 Å². The van der Waals surface area contributed by atoms with Crippen LogP contribution in [0.5, 0.6) is 0 Å². The van der Waals surface area contributed by atoms with Gasteiger partial charge in [0.25, 0.3) is 0 Å². The monoisotopic (exact) mass is 338 g/mol. The number of nitrogens with one attached hydrogen (secondary N) is 1. The number of anilines is 1. The molecule has 1 unspecified atom stereocenters. The minimum Gasteiger partial charge on any atom is -0.360 e. The molecule has 0 saturated carbocycles. The molecular formula is C14H15ClN4S2. The molecule has 7 heteroatoms. The lowest BCUT2D eigenvalue weighted by Crippen LogP contribution is -2.08. The first-order valence-electron chi connectivity index (χ1n) is 6.71. The average molecular weight is 339 g/mol. The van der Waals surface area contributed by atoms with Crippen molar-refractivity contribution in [2.45, 2.75) is 33.2 Å². The summed E-state index contributed by atoms with van der Waals surface area (Å²) in [6.07, 6.45) is 2.95. The van der Waals surface area contributed by atoms with Crippen LogP contribution in [0.25, 0.3) is 10.2 Å². The largest absolute Gasteiger partial charge is 0.360 e. The van der Waals surface area contributed by atoms with Crippen LogP contribution in [0, 0.1) is 6.92 Å². The van der Waals surface area contributed by atoms with E-state index in [-0.39, 0.29) is 11.3 Å². The Morgan fingerprint density at radius 2 is 2.14 bits per heavy atom. The lowest BCUT2D eigenvalue weighted by molar-refractivity contribution is 0.862. The van der Waals surface area contributed by atoms with E-state index in [1.807, 2.05) is 6.20 Å². The van der Waals surface area contributed by atoms with Gasteiger partial charge in [0.1, 0.15) is 15.7 Å². The van der Waals surface area contributed by atoms with Crippen molar-refractivity contribution < 1.29 is 0 Å². The van der Waals surface area contributed by atoms with Gasteiger partial charge in [-0.3, -0.25) is 0 Å². The van der Waals surface area contributed by atoms with Gasteiger partial charge in [0.05, 0.1) is 11.4 Å². The molecule has 0 amide bonds. The molecule has 0 fully saturated rings. The van der Waals surface area contributed by atoms with E-state index in [2.05, 4.69) is 47.1 Å². The predicted molar refractivity (Wildman–Crippen MR) is 90.7 cm³/mol. The zero-order valence-electron chi connectivity index (χ0n) is 12.0. The Hall–Kier alpha value is -1.24. The Bertz CT molecular complexity index is 780. The van der Waals surface area contributed by atoms with Crippen molar-refractivity contribution in [2.24, 2.45) is 0 Å². The van der Waals surface area contributed by atoms with Gasteiger partial charge in [-0.25, -0.2) is 15.0 Å². The van der Waals surface area contributed by atoms with E-state index in [0.29, 0.717) is 0 Å². The second-order valence-corrected chi connectivity index (χ2v) is 7.52. The molecule has 0 spiro atoms. The Morgan fingerprint density at radius 1 is 1.33 bits per heavy atom.